The van der Waals surface area contributed by atoms with Crippen LogP contribution in [0.3, 0.4) is 0 Å². The number of carbonyl (C=O) groups is 1. The number of carbonyl (C=O) groups excluding carboxylic acids is 1. The average Bonchev–Trinajstić information content (AvgIpc) is 2.25. The molecule has 1 atom stereocenters. The summed E-state index contributed by atoms with van der Waals surface area (Å²) in [5, 5.41) is 9.44. The summed E-state index contributed by atoms with van der Waals surface area (Å²) in [7, 11) is 1.37. The van der Waals surface area contributed by atoms with Gasteiger partial charge in [-0.2, -0.15) is 0 Å². The summed E-state index contributed by atoms with van der Waals surface area (Å²) >= 11 is 4.78. The van der Waals surface area contributed by atoms with Crippen LogP contribution in [0.2, 0.25) is 0 Å². The summed E-state index contributed by atoms with van der Waals surface area (Å²) < 4.78 is 5.40. The predicted molar refractivity (Wildman–Crippen MR) is 67.5 cm³/mol. The number of hydrogen-bond donors (Lipinski definition) is 1. The highest BCUT2D eigenvalue weighted by atomic mass is 79.9. The lowest BCUT2D eigenvalue weighted by molar-refractivity contribution is -0.137. The molecule has 0 aromatic heterocycles. The van der Waals surface area contributed by atoms with Crippen LogP contribution in [0.1, 0.15) is 18.6 Å². The van der Waals surface area contributed by atoms with Crippen molar-refractivity contribution in [1.82, 2.24) is 0 Å². The third-order valence-electron chi connectivity index (χ3n) is 2.01. The first kappa shape index (κ1) is 13.5. The Hall–Kier alpha value is -0.520. The molecule has 0 spiro atoms. The molecule has 5 heteroatoms. The van der Waals surface area contributed by atoms with Crippen molar-refractivity contribution in [3.8, 4) is 0 Å². The van der Waals surface area contributed by atoms with Gasteiger partial charge in [0.2, 0.25) is 0 Å². The first-order chi connectivity index (χ1) is 7.54. The molecule has 0 radical (unpaired) electrons. The standard InChI is InChI=1S/C11H13BrO3S/c1-7(13)9-4-3-8(5-10(9)12)16-6-11(14)15-2/h3-5,7,13H,6H2,1-2H3/t7-/m1/s1. The molecular weight excluding hydrogens is 292 g/mol. The predicted octanol–water partition coefficient (Wildman–Crippen LogP) is 2.77. The van der Waals surface area contributed by atoms with Gasteiger partial charge in [0, 0.05) is 9.37 Å². The quantitative estimate of drug-likeness (QED) is 0.686. The highest BCUT2D eigenvalue weighted by Gasteiger charge is 2.08. The molecule has 0 aliphatic rings. The molecule has 1 N–H and O–H groups in total. The lowest BCUT2D eigenvalue weighted by Crippen LogP contribution is -2.02. The molecule has 0 bridgehead atoms. The van der Waals surface area contributed by atoms with Crippen LogP contribution in [0, 0.1) is 0 Å². The molecule has 0 aliphatic heterocycles. The minimum absolute atomic E-state index is 0.249. The van der Waals surface area contributed by atoms with E-state index in [-0.39, 0.29) is 11.7 Å². The van der Waals surface area contributed by atoms with Crippen LogP contribution in [0.25, 0.3) is 0 Å². The minimum atomic E-state index is -0.506. The number of aliphatic hydroxyl groups excluding tert-OH is 1. The number of benzene rings is 1. The minimum Gasteiger partial charge on any atom is -0.468 e. The summed E-state index contributed by atoms with van der Waals surface area (Å²) in [4.78, 5) is 11.9. The lowest BCUT2D eigenvalue weighted by atomic mass is 10.1. The number of thioether (sulfide) groups is 1. The van der Waals surface area contributed by atoms with E-state index >= 15 is 0 Å². The molecule has 0 saturated heterocycles. The summed E-state index contributed by atoms with van der Waals surface area (Å²) in [6.45, 7) is 1.71. The van der Waals surface area contributed by atoms with E-state index in [1.165, 1.54) is 18.9 Å². The monoisotopic (exact) mass is 304 g/mol. The Labute approximate surface area is 107 Å². The SMILES string of the molecule is COC(=O)CSc1ccc([C@@H](C)O)c(Br)c1. The van der Waals surface area contributed by atoms with Crippen molar-refractivity contribution in [2.24, 2.45) is 0 Å². The van der Waals surface area contributed by atoms with Crippen LogP contribution in [0.4, 0.5) is 0 Å². The van der Waals surface area contributed by atoms with Crippen LogP contribution >= 0.6 is 27.7 Å². The van der Waals surface area contributed by atoms with Gasteiger partial charge in [0.05, 0.1) is 19.0 Å². The Morgan fingerprint density at radius 1 is 1.62 bits per heavy atom. The molecular formula is C11H13BrO3S. The number of methoxy groups -OCH3 is 1. The summed E-state index contributed by atoms with van der Waals surface area (Å²) in [5.41, 5.74) is 0.836. The molecule has 0 saturated carbocycles. The zero-order valence-electron chi connectivity index (χ0n) is 9.07. The normalized spacial score (nSPS) is 12.2. The van der Waals surface area contributed by atoms with Gasteiger partial charge in [-0.25, -0.2) is 0 Å². The van der Waals surface area contributed by atoms with Crippen molar-refractivity contribution in [1.29, 1.82) is 0 Å². The van der Waals surface area contributed by atoms with Gasteiger partial charge in [-0.1, -0.05) is 22.0 Å². The van der Waals surface area contributed by atoms with Crippen LogP contribution in [-0.2, 0) is 9.53 Å². The molecule has 0 fully saturated rings. The van der Waals surface area contributed by atoms with Gasteiger partial charge < -0.3 is 9.84 Å². The van der Waals surface area contributed by atoms with Crippen LogP contribution < -0.4 is 0 Å². The molecule has 16 heavy (non-hydrogen) atoms. The Morgan fingerprint density at radius 2 is 2.31 bits per heavy atom. The summed E-state index contributed by atoms with van der Waals surface area (Å²) in [6, 6.07) is 5.60. The van der Waals surface area contributed by atoms with E-state index in [0.717, 1.165) is 14.9 Å². The molecule has 0 unspecified atom stereocenters. The third-order valence-corrected chi connectivity index (χ3v) is 3.66. The van der Waals surface area contributed by atoms with Crippen molar-refractivity contribution in [2.45, 2.75) is 17.9 Å². The highest BCUT2D eigenvalue weighted by molar-refractivity contribution is 9.10. The van der Waals surface area contributed by atoms with Gasteiger partial charge in [-0.3, -0.25) is 4.79 Å². The van der Waals surface area contributed by atoms with E-state index in [1.54, 1.807) is 6.92 Å². The van der Waals surface area contributed by atoms with Gasteiger partial charge in [-0.05, 0) is 24.6 Å². The first-order valence-electron chi connectivity index (χ1n) is 4.71. The first-order valence-corrected chi connectivity index (χ1v) is 6.49. The fourth-order valence-electron chi connectivity index (χ4n) is 1.14. The number of ether oxygens (including phenoxy) is 1. The maximum absolute atomic E-state index is 11.0. The fourth-order valence-corrected chi connectivity index (χ4v) is 2.77. The Kier molecular flexibility index (Phi) is 5.31. The number of hydrogen-bond acceptors (Lipinski definition) is 4. The van der Waals surface area contributed by atoms with Crippen molar-refractivity contribution in [3.05, 3.63) is 28.2 Å². The average molecular weight is 305 g/mol. The second kappa shape index (κ2) is 6.27. The van der Waals surface area contributed by atoms with Crippen molar-refractivity contribution >= 4 is 33.7 Å². The van der Waals surface area contributed by atoms with Crippen molar-refractivity contribution < 1.29 is 14.6 Å². The molecule has 0 amide bonds. The van der Waals surface area contributed by atoms with E-state index in [2.05, 4.69) is 20.7 Å². The topological polar surface area (TPSA) is 46.5 Å². The van der Waals surface area contributed by atoms with E-state index in [4.69, 9.17) is 0 Å². The second-order valence-electron chi connectivity index (χ2n) is 3.22. The Bertz CT molecular complexity index is 379. The van der Waals surface area contributed by atoms with E-state index < -0.39 is 6.10 Å². The molecule has 1 aromatic carbocycles. The smallest absolute Gasteiger partial charge is 0.315 e. The number of aliphatic hydroxyl groups is 1. The zero-order valence-corrected chi connectivity index (χ0v) is 11.5. The largest absolute Gasteiger partial charge is 0.468 e. The molecule has 1 rings (SSSR count). The van der Waals surface area contributed by atoms with Crippen molar-refractivity contribution in [2.75, 3.05) is 12.9 Å². The molecule has 3 nitrogen and oxygen atoms in total. The zero-order chi connectivity index (χ0) is 12.1. The summed E-state index contributed by atoms with van der Waals surface area (Å²) in [5.74, 6) is 0.0393. The highest BCUT2D eigenvalue weighted by Crippen LogP contribution is 2.28. The van der Waals surface area contributed by atoms with E-state index in [9.17, 15) is 9.90 Å². The van der Waals surface area contributed by atoms with Gasteiger partial charge in [0.15, 0.2) is 0 Å². The van der Waals surface area contributed by atoms with Crippen LogP contribution in [0.15, 0.2) is 27.6 Å². The van der Waals surface area contributed by atoms with Gasteiger partial charge in [0.25, 0.3) is 0 Å². The lowest BCUT2D eigenvalue weighted by Gasteiger charge is -2.09. The maximum Gasteiger partial charge on any atom is 0.315 e. The molecule has 0 aliphatic carbocycles. The number of esters is 1. The van der Waals surface area contributed by atoms with Crippen LogP contribution in [-0.4, -0.2) is 23.9 Å². The fraction of sp³-hybridized carbons (Fsp3) is 0.364. The van der Waals surface area contributed by atoms with Crippen LogP contribution in [0.5, 0.6) is 0 Å². The van der Waals surface area contributed by atoms with Gasteiger partial charge in [0.1, 0.15) is 0 Å². The van der Waals surface area contributed by atoms with Gasteiger partial charge in [-0.15, -0.1) is 11.8 Å². The van der Waals surface area contributed by atoms with Crippen molar-refractivity contribution in [3.63, 3.8) is 0 Å². The molecule has 0 heterocycles. The molecule has 88 valence electrons. The van der Waals surface area contributed by atoms with E-state index in [1.807, 2.05) is 18.2 Å². The maximum atomic E-state index is 11.0. The number of rotatable bonds is 4. The van der Waals surface area contributed by atoms with Gasteiger partial charge >= 0.3 is 5.97 Å². The second-order valence-corrected chi connectivity index (χ2v) is 5.13. The summed E-state index contributed by atoms with van der Waals surface area (Å²) in [6.07, 6.45) is -0.506. The third kappa shape index (κ3) is 3.81. The molecule has 1 aromatic rings. The van der Waals surface area contributed by atoms with E-state index in [0.29, 0.717) is 0 Å². The number of halogens is 1. The Morgan fingerprint density at radius 3 is 2.81 bits per heavy atom. The Balaban J connectivity index is 2.70.